The summed E-state index contributed by atoms with van der Waals surface area (Å²) in [5, 5.41) is 0.441. The fourth-order valence-corrected chi connectivity index (χ4v) is 1.48. The van der Waals surface area contributed by atoms with Crippen LogP contribution in [0.2, 0.25) is 5.02 Å². The number of halogens is 2. The van der Waals surface area contributed by atoms with Gasteiger partial charge in [-0.2, -0.15) is 0 Å². The molecule has 0 fully saturated rings. The van der Waals surface area contributed by atoms with Crippen LogP contribution in [0, 0.1) is 5.82 Å². The van der Waals surface area contributed by atoms with Crippen molar-refractivity contribution in [2.45, 2.75) is 0 Å². The SMILES string of the molecule is NC(=O)c1c(F)cccc1Oc1ccc(Cl)cn1. The molecule has 0 saturated heterocycles. The number of aromatic nitrogens is 1. The van der Waals surface area contributed by atoms with Crippen molar-refractivity contribution >= 4 is 17.5 Å². The first-order valence-electron chi connectivity index (χ1n) is 4.95. The Hall–Kier alpha value is -2.14. The van der Waals surface area contributed by atoms with Crippen molar-refractivity contribution in [3.8, 4) is 11.6 Å². The summed E-state index contributed by atoms with van der Waals surface area (Å²) in [5.74, 6) is -1.45. The normalized spacial score (nSPS) is 10.1. The Labute approximate surface area is 107 Å². The fourth-order valence-electron chi connectivity index (χ4n) is 1.36. The van der Waals surface area contributed by atoms with Crippen LogP contribution in [0.25, 0.3) is 0 Å². The van der Waals surface area contributed by atoms with Gasteiger partial charge >= 0.3 is 0 Å². The third-order valence-electron chi connectivity index (χ3n) is 2.14. The molecule has 6 heteroatoms. The maximum Gasteiger partial charge on any atom is 0.255 e. The molecule has 0 saturated carbocycles. The van der Waals surface area contributed by atoms with Crippen LogP contribution in [0.1, 0.15) is 10.4 Å². The number of rotatable bonds is 3. The zero-order valence-electron chi connectivity index (χ0n) is 9.06. The number of hydrogen-bond donors (Lipinski definition) is 1. The highest BCUT2D eigenvalue weighted by Gasteiger charge is 2.15. The number of carbonyl (C=O) groups is 1. The van der Waals surface area contributed by atoms with Crippen LogP contribution < -0.4 is 10.5 Å². The molecule has 0 aliphatic rings. The van der Waals surface area contributed by atoms with Crippen molar-refractivity contribution in [2.75, 3.05) is 0 Å². The molecule has 92 valence electrons. The monoisotopic (exact) mass is 266 g/mol. The number of carbonyl (C=O) groups excluding carboxylic acids is 1. The van der Waals surface area contributed by atoms with E-state index >= 15 is 0 Å². The lowest BCUT2D eigenvalue weighted by Crippen LogP contribution is -2.14. The lowest BCUT2D eigenvalue weighted by molar-refractivity contribution is 0.0994. The van der Waals surface area contributed by atoms with Crippen LogP contribution in [-0.2, 0) is 0 Å². The van der Waals surface area contributed by atoms with Gasteiger partial charge in [0.25, 0.3) is 5.91 Å². The first kappa shape index (κ1) is 12.3. The fraction of sp³-hybridized carbons (Fsp3) is 0. The highest BCUT2D eigenvalue weighted by Crippen LogP contribution is 2.26. The van der Waals surface area contributed by atoms with Crippen LogP contribution >= 0.6 is 11.6 Å². The zero-order chi connectivity index (χ0) is 13.1. The van der Waals surface area contributed by atoms with E-state index in [0.717, 1.165) is 6.07 Å². The van der Waals surface area contributed by atoms with Gasteiger partial charge in [-0.15, -0.1) is 0 Å². The van der Waals surface area contributed by atoms with Crippen LogP contribution in [0.4, 0.5) is 4.39 Å². The van der Waals surface area contributed by atoms with Gasteiger partial charge in [-0.05, 0) is 18.2 Å². The lowest BCUT2D eigenvalue weighted by atomic mass is 10.2. The number of hydrogen-bond acceptors (Lipinski definition) is 3. The summed E-state index contributed by atoms with van der Waals surface area (Å²) in [6.45, 7) is 0. The summed E-state index contributed by atoms with van der Waals surface area (Å²) in [7, 11) is 0. The van der Waals surface area contributed by atoms with E-state index in [2.05, 4.69) is 4.98 Å². The Balaban J connectivity index is 2.37. The second-order valence-electron chi connectivity index (χ2n) is 3.39. The second kappa shape index (κ2) is 5.01. The molecule has 4 nitrogen and oxygen atoms in total. The maximum atomic E-state index is 13.4. The Kier molecular flexibility index (Phi) is 3.43. The van der Waals surface area contributed by atoms with Crippen molar-refractivity contribution in [3.63, 3.8) is 0 Å². The summed E-state index contributed by atoms with van der Waals surface area (Å²) in [6, 6.07) is 7.03. The highest BCUT2D eigenvalue weighted by molar-refractivity contribution is 6.30. The van der Waals surface area contributed by atoms with Gasteiger partial charge in [-0.25, -0.2) is 9.37 Å². The highest BCUT2D eigenvalue weighted by atomic mass is 35.5. The molecule has 18 heavy (non-hydrogen) atoms. The predicted molar refractivity (Wildman–Crippen MR) is 64.2 cm³/mol. The maximum absolute atomic E-state index is 13.4. The second-order valence-corrected chi connectivity index (χ2v) is 3.83. The minimum Gasteiger partial charge on any atom is -0.438 e. The third kappa shape index (κ3) is 2.57. The Morgan fingerprint density at radius 1 is 1.33 bits per heavy atom. The molecule has 2 aromatic rings. The van der Waals surface area contributed by atoms with Crippen molar-refractivity contribution in [2.24, 2.45) is 5.73 Å². The first-order valence-corrected chi connectivity index (χ1v) is 5.33. The lowest BCUT2D eigenvalue weighted by Gasteiger charge is -2.08. The van der Waals surface area contributed by atoms with E-state index in [1.54, 1.807) is 6.07 Å². The van der Waals surface area contributed by atoms with Gasteiger partial charge in [-0.1, -0.05) is 17.7 Å². The zero-order valence-corrected chi connectivity index (χ0v) is 9.82. The molecule has 2 N–H and O–H groups in total. The number of pyridine rings is 1. The van der Waals surface area contributed by atoms with Gasteiger partial charge in [0.05, 0.1) is 5.02 Å². The molecule has 0 radical (unpaired) electrons. The minimum atomic E-state index is -0.905. The average Bonchev–Trinajstić information content (AvgIpc) is 2.32. The van der Waals surface area contributed by atoms with Crippen LogP contribution in [-0.4, -0.2) is 10.9 Å². The van der Waals surface area contributed by atoms with Gasteiger partial charge in [0.2, 0.25) is 5.88 Å². The number of benzene rings is 1. The minimum absolute atomic E-state index is 0.0114. The molecule has 0 aliphatic carbocycles. The Morgan fingerprint density at radius 2 is 2.11 bits per heavy atom. The van der Waals surface area contributed by atoms with Gasteiger partial charge in [-0.3, -0.25) is 4.79 Å². The summed E-state index contributed by atoms with van der Waals surface area (Å²) in [5.41, 5.74) is 4.78. The third-order valence-corrected chi connectivity index (χ3v) is 2.36. The van der Waals surface area contributed by atoms with E-state index in [0.29, 0.717) is 5.02 Å². The molecule has 0 unspecified atom stereocenters. The predicted octanol–water partition coefficient (Wildman–Crippen LogP) is 2.77. The topological polar surface area (TPSA) is 65.2 Å². The average molecular weight is 267 g/mol. The molecule has 0 atom stereocenters. The van der Waals surface area contributed by atoms with Crippen LogP contribution in [0.15, 0.2) is 36.5 Å². The van der Waals surface area contributed by atoms with Gasteiger partial charge in [0.1, 0.15) is 17.1 Å². The molecule has 1 aromatic heterocycles. The number of amides is 1. The van der Waals surface area contributed by atoms with E-state index in [4.69, 9.17) is 22.1 Å². The van der Waals surface area contributed by atoms with Gasteiger partial charge in [0, 0.05) is 12.3 Å². The Morgan fingerprint density at radius 3 is 2.72 bits per heavy atom. The van der Waals surface area contributed by atoms with E-state index < -0.39 is 11.7 Å². The molecule has 1 amide bonds. The summed E-state index contributed by atoms with van der Waals surface area (Å²) < 4.78 is 18.7. The molecular weight excluding hydrogens is 259 g/mol. The molecule has 0 spiro atoms. The van der Waals surface area contributed by atoms with Gasteiger partial charge in [0.15, 0.2) is 0 Å². The molecule has 1 aromatic carbocycles. The summed E-state index contributed by atoms with van der Waals surface area (Å²) >= 11 is 5.67. The first-order chi connectivity index (χ1) is 8.58. The van der Waals surface area contributed by atoms with Crippen molar-refractivity contribution in [1.82, 2.24) is 4.98 Å². The summed E-state index contributed by atoms with van der Waals surface area (Å²) in [6.07, 6.45) is 1.38. The molecule has 2 rings (SSSR count). The smallest absolute Gasteiger partial charge is 0.255 e. The van der Waals surface area contributed by atoms with E-state index in [1.807, 2.05) is 0 Å². The molecule has 1 heterocycles. The van der Waals surface area contributed by atoms with Crippen molar-refractivity contribution < 1.29 is 13.9 Å². The van der Waals surface area contributed by atoms with Crippen LogP contribution in [0.3, 0.4) is 0 Å². The van der Waals surface area contributed by atoms with E-state index in [1.165, 1.54) is 24.4 Å². The van der Waals surface area contributed by atoms with Crippen LogP contribution in [0.5, 0.6) is 11.6 Å². The molecular formula is C12H8ClFN2O2. The van der Waals surface area contributed by atoms with Gasteiger partial charge < -0.3 is 10.5 Å². The van der Waals surface area contributed by atoms with E-state index in [-0.39, 0.29) is 17.2 Å². The summed E-state index contributed by atoms with van der Waals surface area (Å²) in [4.78, 5) is 15.0. The largest absolute Gasteiger partial charge is 0.438 e. The quantitative estimate of drug-likeness (QED) is 0.929. The van der Waals surface area contributed by atoms with Crippen molar-refractivity contribution in [1.29, 1.82) is 0 Å². The molecule has 0 bridgehead atoms. The number of ether oxygens (including phenoxy) is 1. The number of nitrogens with zero attached hydrogens (tertiary/aromatic N) is 1. The standard InChI is InChI=1S/C12H8ClFN2O2/c13-7-4-5-10(16-6-7)18-9-3-1-2-8(14)11(9)12(15)17/h1-6H,(H2,15,17). The van der Waals surface area contributed by atoms with E-state index in [9.17, 15) is 9.18 Å². The number of nitrogens with two attached hydrogens (primary N) is 1. The Bertz CT molecular complexity index is 587. The number of primary amides is 1. The molecule has 0 aliphatic heterocycles. The van der Waals surface area contributed by atoms with Crippen molar-refractivity contribution in [3.05, 3.63) is 52.9 Å².